The molecule has 2 rings (SSSR count). The summed E-state index contributed by atoms with van der Waals surface area (Å²) in [5.41, 5.74) is 0.120. The van der Waals surface area contributed by atoms with Crippen LogP contribution >= 0.6 is 0 Å². The van der Waals surface area contributed by atoms with Gasteiger partial charge in [-0.25, -0.2) is 13.4 Å². The van der Waals surface area contributed by atoms with Crippen LogP contribution in [0.15, 0.2) is 41.4 Å². The minimum Gasteiger partial charge on any atom is -0.502 e. The van der Waals surface area contributed by atoms with Crippen LogP contribution in [0.5, 0.6) is 5.75 Å². The topological polar surface area (TPSA) is 122 Å². The smallest absolute Gasteiger partial charge is 0.312 e. The highest BCUT2D eigenvalue weighted by atomic mass is 32.2. The van der Waals surface area contributed by atoms with Crippen LogP contribution in [0, 0.1) is 17.0 Å². The number of aromatic nitrogens is 1. The maximum absolute atomic E-state index is 12.1. The molecule has 0 aliphatic rings. The number of nitro groups is 1. The standard InChI is InChI=1S/C12H11N3O5S/c1-8-4-5-13-12(6-8)14-21(19,20)9-2-3-11(16)10(7-9)15(17)18/h2-7,16H,1H3,(H,13,14). The van der Waals surface area contributed by atoms with Crippen molar-refractivity contribution in [1.82, 2.24) is 4.98 Å². The number of aromatic hydroxyl groups is 1. The van der Waals surface area contributed by atoms with Gasteiger partial charge in [0.2, 0.25) is 0 Å². The highest BCUT2D eigenvalue weighted by Crippen LogP contribution is 2.28. The Morgan fingerprint density at radius 2 is 2.00 bits per heavy atom. The zero-order valence-electron chi connectivity index (χ0n) is 10.8. The molecule has 0 atom stereocenters. The van der Waals surface area contributed by atoms with E-state index in [2.05, 4.69) is 9.71 Å². The number of phenols is 1. The Bertz CT molecular complexity index is 804. The van der Waals surface area contributed by atoms with Gasteiger partial charge in [0, 0.05) is 12.3 Å². The molecule has 0 aliphatic carbocycles. The van der Waals surface area contributed by atoms with E-state index in [1.54, 1.807) is 13.0 Å². The van der Waals surface area contributed by atoms with E-state index in [9.17, 15) is 23.6 Å². The maximum Gasteiger partial charge on any atom is 0.312 e. The van der Waals surface area contributed by atoms with Crippen LogP contribution in [0.1, 0.15) is 5.56 Å². The first-order chi connectivity index (χ1) is 9.79. The number of hydrogen-bond donors (Lipinski definition) is 2. The molecule has 0 unspecified atom stereocenters. The molecular weight excluding hydrogens is 298 g/mol. The van der Waals surface area contributed by atoms with Gasteiger partial charge < -0.3 is 5.11 Å². The minimum atomic E-state index is -4.03. The van der Waals surface area contributed by atoms with Crippen LogP contribution in [-0.2, 0) is 10.0 Å². The number of phenolic OH excluding ortho intramolecular Hbond substituents is 1. The Morgan fingerprint density at radius 3 is 2.62 bits per heavy atom. The van der Waals surface area contributed by atoms with E-state index >= 15 is 0 Å². The molecule has 1 heterocycles. The maximum atomic E-state index is 12.1. The van der Waals surface area contributed by atoms with Gasteiger partial charge in [-0.15, -0.1) is 0 Å². The number of rotatable bonds is 4. The number of nitrogens with zero attached hydrogens (tertiary/aromatic N) is 2. The lowest BCUT2D eigenvalue weighted by Crippen LogP contribution is -2.14. The van der Waals surface area contributed by atoms with Crippen molar-refractivity contribution < 1.29 is 18.4 Å². The third-order valence-corrected chi connectivity index (χ3v) is 3.96. The van der Waals surface area contributed by atoms with Gasteiger partial charge in [-0.2, -0.15) is 0 Å². The number of hydrogen-bond acceptors (Lipinski definition) is 6. The van der Waals surface area contributed by atoms with E-state index < -0.39 is 26.4 Å². The normalized spacial score (nSPS) is 11.1. The summed E-state index contributed by atoms with van der Waals surface area (Å²) >= 11 is 0. The van der Waals surface area contributed by atoms with Crippen LogP contribution in [0.3, 0.4) is 0 Å². The average Bonchev–Trinajstić information content (AvgIpc) is 2.38. The summed E-state index contributed by atoms with van der Waals surface area (Å²) in [7, 11) is -4.03. The Morgan fingerprint density at radius 1 is 1.29 bits per heavy atom. The summed E-state index contributed by atoms with van der Waals surface area (Å²) in [6, 6.07) is 6.03. The summed E-state index contributed by atoms with van der Waals surface area (Å²) in [4.78, 5) is 13.4. The predicted octanol–water partition coefficient (Wildman–Crippen LogP) is 1.80. The van der Waals surface area contributed by atoms with Gasteiger partial charge in [0.05, 0.1) is 9.82 Å². The second kappa shape index (κ2) is 5.37. The van der Waals surface area contributed by atoms with E-state index in [0.29, 0.717) is 0 Å². The average molecular weight is 309 g/mol. The summed E-state index contributed by atoms with van der Waals surface area (Å²) in [5.74, 6) is -0.502. The van der Waals surface area contributed by atoms with Crippen molar-refractivity contribution in [3.63, 3.8) is 0 Å². The van der Waals surface area contributed by atoms with Crippen LogP contribution in [0.25, 0.3) is 0 Å². The van der Waals surface area contributed by atoms with E-state index in [1.807, 2.05) is 0 Å². The SMILES string of the molecule is Cc1ccnc(NS(=O)(=O)c2ccc(O)c([N+](=O)[O-])c2)c1. The fourth-order valence-corrected chi connectivity index (χ4v) is 2.62. The molecule has 1 aromatic carbocycles. The monoisotopic (exact) mass is 309 g/mol. The lowest BCUT2D eigenvalue weighted by Gasteiger charge is -2.08. The Balaban J connectivity index is 2.40. The fourth-order valence-electron chi connectivity index (χ4n) is 1.61. The first kappa shape index (κ1) is 14.7. The molecule has 110 valence electrons. The molecule has 0 saturated heterocycles. The molecule has 2 aromatic rings. The molecule has 0 fully saturated rings. The third-order valence-electron chi connectivity index (χ3n) is 2.61. The van der Waals surface area contributed by atoms with Crippen LogP contribution in [0.4, 0.5) is 11.5 Å². The van der Waals surface area contributed by atoms with Crippen molar-refractivity contribution in [2.75, 3.05) is 4.72 Å². The minimum absolute atomic E-state index is 0.103. The van der Waals surface area contributed by atoms with E-state index in [1.165, 1.54) is 12.3 Å². The number of benzene rings is 1. The highest BCUT2D eigenvalue weighted by Gasteiger charge is 2.21. The number of pyridine rings is 1. The van der Waals surface area contributed by atoms with Crippen molar-refractivity contribution in [2.24, 2.45) is 0 Å². The molecule has 0 radical (unpaired) electrons. The van der Waals surface area contributed by atoms with Crippen molar-refractivity contribution >= 4 is 21.5 Å². The van der Waals surface area contributed by atoms with E-state index in [0.717, 1.165) is 23.8 Å². The summed E-state index contributed by atoms with van der Waals surface area (Å²) in [5, 5.41) is 20.0. The molecule has 9 heteroatoms. The predicted molar refractivity (Wildman–Crippen MR) is 74.5 cm³/mol. The Labute approximate surface area is 120 Å². The van der Waals surface area contributed by atoms with Gasteiger partial charge in [0.25, 0.3) is 10.0 Å². The Hall–Kier alpha value is -2.68. The molecule has 0 spiro atoms. The number of sulfonamides is 1. The van der Waals surface area contributed by atoms with Crippen molar-refractivity contribution in [1.29, 1.82) is 0 Å². The summed E-state index contributed by atoms with van der Waals surface area (Å²) in [6.45, 7) is 1.77. The van der Waals surface area contributed by atoms with Crippen LogP contribution < -0.4 is 4.72 Å². The second-order valence-corrected chi connectivity index (χ2v) is 5.91. The molecule has 0 aliphatic heterocycles. The molecule has 1 aromatic heterocycles. The van der Waals surface area contributed by atoms with Crippen LogP contribution in [0.2, 0.25) is 0 Å². The summed E-state index contributed by atoms with van der Waals surface area (Å²) < 4.78 is 26.5. The molecule has 0 amide bonds. The van der Waals surface area contributed by atoms with Crippen molar-refractivity contribution in [3.05, 3.63) is 52.2 Å². The van der Waals surface area contributed by atoms with Gasteiger partial charge in [-0.05, 0) is 36.8 Å². The van der Waals surface area contributed by atoms with Gasteiger partial charge in [-0.3, -0.25) is 14.8 Å². The third kappa shape index (κ3) is 3.26. The number of aryl methyl sites for hydroxylation is 1. The van der Waals surface area contributed by atoms with Gasteiger partial charge in [0.1, 0.15) is 5.82 Å². The van der Waals surface area contributed by atoms with Crippen LogP contribution in [-0.4, -0.2) is 23.4 Å². The molecule has 21 heavy (non-hydrogen) atoms. The quantitative estimate of drug-likeness (QED) is 0.656. The zero-order chi connectivity index (χ0) is 15.6. The molecular formula is C12H11N3O5S. The number of anilines is 1. The molecule has 2 N–H and O–H groups in total. The van der Waals surface area contributed by atoms with Crippen molar-refractivity contribution in [2.45, 2.75) is 11.8 Å². The molecule has 0 bridgehead atoms. The zero-order valence-corrected chi connectivity index (χ0v) is 11.7. The van der Waals surface area contributed by atoms with Crippen molar-refractivity contribution in [3.8, 4) is 5.75 Å². The Kier molecular flexibility index (Phi) is 3.76. The lowest BCUT2D eigenvalue weighted by molar-refractivity contribution is -0.386. The summed E-state index contributed by atoms with van der Waals surface area (Å²) in [6.07, 6.45) is 1.44. The second-order valence-electron chi connectivity index (χ2n) is 4.23. The largest absolute Gasteiger partial charge is 0.502 e. The van der Waals surface area contributed by atoms with Gasteiger partial charge >= 0.3 is 5.69 Å². The lowest BCUT2D eigenvalue weighted by atomic mass is 10.3. The van der Waals surface area contributed by atoms with Gasteiger partial charge in [0.15, 0.2) is 5.75 Å². The fraction of sp³-hybridized carbons (Fsp3) is 0.0833. The molecule has 8 nitrogen and oxygen atoms in total. The molecule has 0 saturated carbocycles. The van der Waals surface area contributed by atoms with E-state index in [4.69, 9.17) is 0 Å². The van der Waals surface area contributed by atoms with E-state index in [-0.39, 0.29) is 10.7 Å². The first-order valence-corrected chi connectivity index (χ1v) is 7.21. The number of nitrogens with one attached hydrogen (secondary N) is 1. The van der Waals surface area contributed by atoms with Gasteiger partial charge in [-0.1, -0.05) is 0 Å². The number of nitro benzene ring substituents is 1. The first-order valence-electron chi connectivity index (χ1n) is 5.72. The highest BCUT2D eigenvalue weighted by molar-refractivity contribution is 7.92.